The summed E-state index contributed by atoms with van der Waals surface area (Å²) in [5.41, 5.74) is 2.96. The van der Waals surface area contributed by atoms with E-state index in [-0.39, 0.29) is 0 Å². The van der Waals surface area contributed by atoms with Crippen molar-refractivity contribution in [1.82, 2.24) is 9.80 Å². The van der Waals surface area contributed by atoms with Gasteiger partial charge in [-0.3, -0.25) is 0 Å². The molecule has 10 heteroatoms. The molecular weight excluding hydrogens is 479 g/mol. The van der Waals surface area contributed by atoms with E-state index in [0.29, 0.717) is 5.75 Å². The van der Waals surface area contributed by atoms with Crippen molar-refractivity contribution >= 4 is 71.7 Å². The molecule has 0 aliphatic rings. The van der Waals surface area contributed by atoms with Gasteiger partial charge in [-0.25, -0.2) is 0 Å². The van der Waals surface area contributed by atoms with Crippen molar-refractivity contribution in [3.8, 4) is 5.75 Å². The van der Waals surface area contributed by atoms with Crippen LogP contribution >= 0.6 is 46.0 Å². The number of phenols is 1. The molecule has 1 aromatic carbocycles. The number of thiocarbonyl (C=S) groups is 2. The molecule has 0 aliphatic carbocycles. The Bertz CT molecular complexity index is 697. The van der Waals surface area contributed by atoms with Crippen LogP contribution in [0.15, 0.2) is 12.1 Å². The lowest BCUT2D eigenvalue weighted by Gasteiger charge is -2.28. The topological polar surface area (TPSA) is 36.4 Å². The van der Waals surface area contributed by atoms with Gasteiger partial charge in [0.05, 0.1) is 11.4 Å². The maximum atomic E-state index is 9.93. The van der Waals surface area contributed by atoms with Crippen molar-refractivity contribution in [2.75, 3.05) is 83.2 Å². The molecule has 0 bridgehead atoms. The van der Waals surface area contributed by atoms with Crippen LogP contribution in [0.25, 0.3) is 0 Å². The molecule has 0 amide bonds. The predicted molar refractivity (Wildman–Crippen MR) is 157 cm³/mol. The van der Waals surface area contributed by atoms with Crippen molar-refractivity contribution in [3.05, 3.63) is 12.1 Å². The molecule has 0 radical (unpaired) electrons. The molecule has 0 saturated carbocycles. The van der Waals surface area contributed by atoms with Gasteiger partial charge in [0.25, 0.3) is 0 Å². The zero-order chi connectivity index (χ0) is 25.0. The van der Waals surface area contributed by atoms with Crippen molar-refractivity contribution < 1.29 is 5.11 Å². The monoisotopic (exact) mass is 519 g/mol. The number of aromatic hydroxyl groups is 1. The maximum Gasteiger partial charge on any atom is 0.147 e. The summed E-state index contributed by atoms with van der Waals surface area (Å²) in [5, 5.41) is 9.93. The van der Waals surface area contributed by atoms with Crippen LogP contribution in [-0.2, 0) is 0 Å². The molecule has 0 aliphatic heterocycles. The Kier molecular flexibility index (Phi) is 15.1. The number of rotatable bonds is 7. The fourth-order valence-electron chi connectivity index (χ4n) is 2.94. The number of anilines is 3. The second-order valence-electron chi connectivity index (χ2n) is 7.53. The molecule has 6 nitrogen and oxygen atoms in total. The van der Waals surface area contributed by atoms with Crippen LogP contribution in [0.3, 0.4) is 0 Å². The van der Waals surface area contributed by atoms with E-state index in [1.165, 1.54) is 0 Å². The van der Waals surface area contributed by atoms with Crippen LogP contribution in [0, 0.1) is 0 Å². The first-order chi connectivity index (χ1) is 15.0. The van der Waals surface area contributed by atoms with Gasteiger partial charge in [0.1, 0.15) is 20.1 Å². The van der Waals surface area contributed by atoms with E-state index in [1.54, 1.807) is 27.7 Å². The standard InChI is InChI=1S/C12H21N3O.C10H20N2S4/c1-13(2)9-7-8-10(16)12(15(5)6)11(9)14(3)4;1-5-11(6-2)9(13)15-16-10(14)12(7-3)8-4/h7-8,16H,1-6H3;5-8H2,1-4H3. The number of phenolic OH excluding ortho intramolecular Hbond substituents is 1. The third-order valence-electron chi connectivity index (χ3n) is 4.71. The third kappa shape index (κ3) is 9.41. The van der Waals surface area contributed by atoms with E-state index in [2.05, 4.69) is 37.5 Å². The Morgan fingerprint density at radius 1 is 0.688 bits per heavy atom. The average molecular weight is 520 g/mol. The van der Waals surface area contributed by atoms with E-state index >= 15 is 0 Å². The Hall–Kier alpha value is -1.10. The van der Waals surface area contributed by atoms with Crippen LogP contribution in [-0.4, -0.2) is 92.0 Å². The smallest absolute Gasteiger partial charge is 0.147 e. The van der Waals surface area contributed by atoms with Crippen molar-refractivity contribution in [1.29, 1.82) is 0 Å². The number of hydrogen-bond donors (Lipinski definition) is 1. The van der Waals surface area contributed by atoms with E-state index < -0.39 is 0 Å². The van der Waals surface area contributed by atoms with Crippen LogP contribution in [0.5, 0.6) is 5.75 Å². The molecule has 0 atom stereocenters. The van der Waals surface area contributed by atoms with Crippen LogP contribution in [0.1, 0.15) is 27.7 Å². The lowest BCUT2D eigenvalue weighted by molar-refractivity contribution is 0.476. The maximum absolute atomic E-state index is 9.93. The summed E-state index contributed by atoms with van der Waals surface area (Å²) in [4.78, 5) is 10.3. The molecule has 0 fully saturated rings. The summed E-state index contributed by atoms with van der Waals surface area (Å²) < 4.78 is 1.84. The highest BCUT2D eigenvalue weighted by molar-refractivity contribution is 8.89. The summed E-state index contributed by atoms with van der Waals surface area (Å²) in [6, 6.07) is 3.66. The predicted octanol–water partition coefficient (Wildman–Crippen LogP) is 5.21. The van der Waals surface area contributed by atoms with Crippen molar-refractivity contribution in [2.24, 2.45) is 0 Å². The lowest BCUT2D eigenvalue weighted by atomic mass is 10.1. The molecule has 0 saturated heterocycles. The molecule has 1 aromatic rings. The van der Waals surface area contributed by atoms with E-state index in [0.717, 1.165) is 51.9 Å². The highest BCUT2D eigenvalue weighted by atomic mass is 33.1. The van der Waals surface area contributed by atoms with Gasteiger partial charge in [0.15, 0.2) is 0 Å². The van der Waals surface area contributed by atoms with E-state index in [1.807, 2.05) is 63.1 Å². The van der Waals surface area contributed by atoms with Crippen molar-refractivity contribution in [2.45, 2.75) is 27.7 Å². The first-order valence-electron chi connectivity index (χ1n) is 10.8. The largest absolute Gasteiger partial charge is 0.506 e. The summed E-state index contributed by atoms with van der Waals surface area (Å²) in [7, 11) is 15.0. The number of hydrogen-bond acceptors (Lipinski definition) is 8. The summed E-state index contributed by atoms with van der Waals surface area (Å²) in [6.45, 7) is 12.3. The van der Waals surface area contributed by atoms with Gasteiger partial charge in [-0.15, -0.1) is 0 Å². The Morgan fingerprint density at radius 2 is 1.06 bits per heavy atom. The second kappa shape index (κ2) is 15.7. The van der Waals surface area contributed by atoms with Crippen molar-refractivity contribution in [3.63, 3.8) is 0 Å². The third-order valence-corrected chi connectivity index (χ3v) is 8.44. The SMILES string of the molecule is CCN(CC)C(=S)SSC(=S)N(CC)CC.CN(C)c1ccc(O)c(N(C)C)c1N(C)C. The Morgan fingerprint density at radius 3 is 1.34 bits per heavy atom. The van der Waals surface area contributed by atoms with E-state index in [9.17, 15) is 5.11 Å². The van der Waals surface area contributed by atoms with Gasteiger partial charge < -0.3 is 29.6 Å². The number of benzene rings is 1. The Labute approximate surface area is 214 Å². The van der Waals surface area contributed by atoms with Gasteiger partial charge in [-0.05, 0) is 61.4 Å². The molecule has 1 rings (SSSR count). The highest BCUT2D eigenvalue weighted by Crippen LogP contribution is 2.42. The van der Waals surface area contributed by atoms with Crippen LogP contribution in [0.2, 0.25) is 0 Å². The van der Waals surface area contributed by atoms with Crippen LogP contribution in [0.4, 0.5) is 17.1 Å². The molecule has 32 heavy (non-hydrogen) atoms. The van der Waals surface area contributed by atoms with Gasteiger partial charge in [-0.1, -0.05) is 24.4 Å². The lowest BCUT2D eigenvalue weighted by Crippen LogP contribution is -2.28. The zero-order valence-electron chi connectivity index (χ0n) is 21.3. The quantitative estimate of drug-likeness (QED) is 0.383. The average Bonchev–Trinajstić information content (AvgIpc) is 2.73. The van der Waals surface area contributed by atoms with Gasteiger partial charge in [0, 0.05) is 68.5 Å². The molecule has 1 N–H and O–H groups in total. The molecule has 0 heterocycles. The summed E-state index contributed by atoms with van der Waals surface area (Å²) >= 11 is 10.7. The molecule has 0 unspecified atom stereocenters. The molecule has 184 valence electrons. The normalized spacial score (nSPS) is 10.1. The highest BCUT2D eigenvalue weighted by Gasteiger charge is 2.17. The molecule has 0 aromatic heterocycles. The van der Waals surface area contributed by atoms with Gasteiger partial charge in [0.2, 0.25) is 0 Å². The Balaban J connectivity index is 0.000000601. The van der Waals surface area contributed by atoms with E-state index in [4.69, 9.17) is 24.4 Å². The second-order valence-corrected chi connectivity index (χ2v) is 10.9. The minimum Gasteiger partial charge on any atom is -0.506 e. The van der Waals surface area contributed by atoms with Gasteiger partial charge >= 0.3 is 0 Å². The number of nitrogens with zero attached hydrogens (tertiary/aromatic N) is 5. The van der Waals surface area contributed by atoms with Crippen LogP contribution < -0.4 is 14.7 Å². The molecular formula is C22H41N5OS4. The first kappa shape index (κ1) is 30.9. The van der Waals surface area contributed by atoms with Gasteiger partial charge in [-0.2, -0.15) is 0 Å². The fraction of sp³-hybridized carbons (Fsp3) is 0.636. The summed E-state index contributed by atoms with van der Waals surface area (Å²) in [6.07, 6.45) is 0. The minimum atomic E-state index is 0.305. The first-order valence-corrected chi connectivity index (χ1v) is 13.7. The minimum absolute atomic E-state index is 0.305. The summed E-state index contributed by atoms with van der Waals surface area (Å²) in [5.74, 6) is 0.305. The molecule has 0 spiro atoms. The zero-order valence-corrected chi connectivity index (χ0v) is 24.6. The fourth-order valence-corrected chi connectivity index (χ4v) is 6.00.